The molecule has 2 aliphatic heterocycles. The van der Waals surface area contributed by atoms with E-state index in [1.54, 1.807) is 24.3 Å². The molecular formula is C16H16N2O3S. The minimum absolute atomic E-state index is 0.190. The number of carbonyl (C=O) groups is 2. The van der Waals surface area contributed by atoms with Gasteiger partial charge in [-0.05, 0) is 48.7 Å². The van der Waals surface area contributed by atoms with Crippen molar-refractivity contribution < 1.29 is 14.7 Å². The van der Waals surface area contributed by atoms with E-state index in [2.05, 4.69) is 9.89 Å². The van der Waals surface area contributed by atoms with Crippen LogP contribution in [0.2, 0.25) is 0 Å². The summed E-state index contributed by atoms with van der Waals surface area (Å²) in [6, 6.07) is 6.66. The van der Waals surface area contributed by atoms with Crippen molar-refractivity contribution in [1.29, 1.82) is 0 Å². The number of likely N-dealkylation sites (tertiary alicyclic amines) is 1. The molecule has 1 saturated heterocycles. The van der Waals surface area contributed by atoms with Gasteiger partial charge in [-0.3, -0.25) is 4.79 Å². The van der Waals surface area contributed by atoms with Crippen molar-refractivity contribution >= 4 is 34.9 Å². The summed E-state index contributed by atoms with van der Waals surface area (Å²) in [7, 11) is 0. The zero-order chi connectivity index (χ0) is 15.5. The molecule has 22 heavy (non-hydrogen) atoms. The van der Waals surface area contributed by atoms with E-state index >= 15 is 0 Å². The Morgan fingerprint density at radius 1 is 1.23 bits per heavy atom. The van der Waals surface area contributed by atoms with Crippen molar-refractivity contribution in [1.82, 2.24) is 4.90 Å². The maximum atomic E-state index is 12.1. The van der Waals surface area contributed by atoms with Crippen LogP contribution in [0.15, 0.2) is 34.2 Å². The van der Waals surface area contributed by atoms with Crippen LogP contribution in [0.3, 0.4) is 0 Å². The van der Waals surface area contributed by atoms with Crippen LogP contribution in [0.25, 0.3) is 6.08 Å². The third-order valence-electron chi connectivity index (χ3n) is 3.71. The Labute approximate surface area is 132 Å². The molecule has 0 aromatic heterocycles. The maximum Gasteiger partial charge on any atom is 0.336 e. The van der Waals surface area contributed by atoms with Crippen LogP contribution in [0.4, 0.5) is 0 Å². The van der Waals surface area contributed by atoms with Gasteiger partial charge in [0.15, 0.2) is 5.17 Å². The van der Waals surface area contributed by atoms with Gasteiger partial charge in [0.05, 0.1) is 10.5 Å². The van der Waals surface area contributed by atoms with Crippen LogP contribution in [0, 0.1) is 0 Å². The lowest BCUT2D eigenvalue weighted by atomic mass is 10.1. The number of nitrogens with zero attached hydrogens (tertiary/aromatic N) is 2. The lowest BCUT2D eigenvalue weighted by Crippen LogP contribution is -2.33. The Morgan fingerprint density at radius 2 is 1.95 bits per heavy atom. The summed E-state index contributed by atoms with van der Waals surface area (Å²) in [6.45, 7) is 1.86. The average molecular weight is 316 g/mol. The molecule has 0 aliphatic carbocycles. The van der Waals surface area contributed by atoms with Gasteiger partial charge in [-0.25, -0.2) is 4.79 Å². The number of carboxylic acid groups (broad SMARTS) is 1. The third kappa shape index (κ3) is 3.06. The highest BCUT2D eigenvalue weighted by atomic mass is 32.2. The van der Waals surface area contributed by atoms with Gasteiger partial charge in [-0.1, -0.05) is 18.2 Å². The highest BCUT2D eigenvalue weighted by Gasteiger charge is 2.27. The van der Waals surface area contributed by atoms with Gasteiger partial charge in [0, 0.05) is 13.1 Å². The Morgan fingerprint density at radius 3 is 2.68 bits per heavy atom. The minimum Gasteiger partial charge on any atom is -0.478 e. The van der Waals surface area contributed by atoms with E-state index in [4.69, 9.17) is 0 Å². The van der Waals surface area contributed by atoms with Crippen LogP contribution in [0.5, 0.6) is 0 Å². The first kappa shape index (κ1) is 14.8. The lowest BCUT2D eigenvalue weighted by Gasteiger charge is -2.27. The molecule has 114 valence electrons. The molecule has 1 N–H and O–H groups in total. The number of rotatable bonds is 2. The highest BCUT2D eigenvalue weighted by molar-refractivity contribution is 8.18. The SMILES string of the molecule is O=C1N=C(N2CCCCC2)SC1=Cc1ccccc1C(=O)O. The number of carbonyl (C=O) groups excluding carboxylic acids is 1. The van der Waals surface area contributed by atoms with E-state index in [1.165, 1.54) is 24.2 Å². The Kier molecular flexibility index (Phi) is 4.29. The van der Waals surface area contributed by atoms with Crippen molar-refractivity contribution in [3.8, 4) is 0 Å². The number of piperidine rings is 1. The topological polar surface area (TPSA) is 70.0 Å². The van der Waals surface area contributed by atoms with E-state index in [-0.39, 0.29) is 11.5 Å². The Balaban J connectivity index is 1.82. The number of thioether (sulfide) groups is 1. The molecule has 2 aliphatic rings. The summed E-state index contributed by atoms with van der Waals surface area (Å²) in [5.74, 6) is -1.29. The van der Waals surface area contributed by atoms with Gasteiger partial charge in [0.25, 0.3) is 5.91 Å². The number of amidine groups is 1. The normalized spacial score (nSPS) is 20.4. The van der Waals surface area contributed by atoms with E-state index in [9.17, 15) is 14.7 Å². The van der Waals surface area contributed by atoms with E-state index < -0.39 is 5.97 Å². The second-order valence-corrected chi connectivity index (χ2v) is 6.26. The monoisotopic (exact) mass is 316 g/mol. The molecule has 3 rings (SSSR count). The highest BCUT2D eigenvalue weighted by Crippen LogP contribution is 2.31. The fourth-order valence-electron chi connectivity index (χ4n) is 2.58. The molecule has 1 aromatic carbocycles. The largest absolute Gasteiger partial charge is 0.478 e. The standard InChI is InChI=1S/C16H16N2O3S/c19-14-13(10-11-6-2-3-7-12(11)15(20)21)22-16(17-14)18-8-4-1-5-9-18/h2-3,6-7,10H,1,4-5,8-9H2,(H,20,21). The van der Waals surface area contributed by atoms with Gasteiger partial charge >= 0.3 is 5.97 Å². The predicted octanol–water partition coefficient (Wildman–Crippen LogP) is 2.84. The molecule has 1 fully saturated rings. The van der Waals surface area contributed by atoms with Gasteiger partial charge in [0.1, 0.15) is 0 Å². The van der Waals surface area contributed by atoms with Crippen LogP contribution in [0.1, 0.15) is 35.2 Å². The van der Waals surface area contributed by atoms with Gasteiger partial charge in [-0.2, -0.15) is 4.99 Å². The van der Waals surface area contributed by atoms with Crippen molar-refractivity contribution in [2.75, 3.05) is 13.1 Å². The fourth-order valence-corrected chi connectivity index (χ4v) is 3.53. The summed E-state index contributed by atoms with van der Waals surface area (Å²) in [5, 5.41) is 9.94. The minimum atomic E-state index is -1.000. The van der Waals surface area contributed by atoms with Crippen LogP contribution >= 0.6 is 11.8 Å². The summed E-state index contributed by atoms with van der Waals surface area (Å²) in [5.41, 5.74) is 0.718. The Bertz CT molecular complexity index is 676. The summed E-state index contributed by atoms with van der Waals surface area (Å²) >= 11 is 1.34. The molecule has 0 unspecified atom stereocenters. The van der Waals surface area contributed by atoms with Crippen molar-refractivity contribution in [2.45, 2.75) is 19.3 Å². The molecule has 1 amide bonds. The number of aromatic carboxylic acids is 1. The summed E-state index contributed by atoms with van der Waals surface area (Å²) < 4.78 is 0. The zero-order valence-corrected chi connectivity index (χ0v) is 12.8. The molecule has 0 bridgehead atoms. The molecule has 2 heterocycles. The van der Waals surface area contributed by atoms with Crippen LogP contribution < -0.4 is 0 Å². The molecule has 0 radical (unpaired) electrons. The van der Waals surface area contributed by atoms with Gasteiger partial charge in [0.2, 0.25) is 0 Å². The smallest absolute Gasteiger partial charge is 0.336 e. The van der Waals surface area contributed by atoms with Gasteiger partial charge < -0.3 is 10.0 Å². The number of carboxylic acids is 1. The summed E-state index contributed by atoms with van der Waals surface area (Å²) in [4.78, 5) is 30.0. The fraction of sp³-hybridized carbons (Fsp3) is 0.312. The summed E-state index contributed by atoms with van der Waals surface area (Å²) in [6.07, 6.45) is 5.08. The number of amides is 1. The van der Waals surface area contributed by atoms with E-state index in [0.717, 1.165) is 31.1 Å². The van der Waals surface area contributed by atoms with Crippen LogP contribution in [-0.2, 0) is 4.79 Å². The first-order valence-corrected chi connectivity index (χ1v) is 8.06. The lowest BCUT2D eigenvalue weighted by molar-refractivity contribution is -0.113. The quantitative estimate of drug-likeness (QED) is 0.850. The molecule has 1 aromatic rings. The van der Waals surface area contributed by atoms with Crippen molar-refractivity contribution in [3.05, 3.63) is 40.3 Å². The number of aliphatic imine (C=N–C) groups is 1. The van der Waals surface area contributed by atoms with Crippen molar-refractivity contribution in [2.24, 2.45) is 4.99 Å². The first-order valence-electron chi connectivity index (χ1n) is 7.25. The molecule has 0 saturated carbocycles. The zero-order valence-electron chi connectivity index (χ0n) is 12.0. The second kappa shape index (κ2) is 6.36. The number of benzene rings is 1. The first-order chi connectivity index (χ1) is 10.6. The Hall–Kier alpha value is -2.08. The molecule has 0 spiro atoms. The third-order valence-corrected chi connectivity index (χ3v) is 4.76. The number of hydrogen-bond acceptors (Lipinski definition) is 4. The van der Waals surface area contributed by atoms with E-state index in [0.29, 0.717) is 10.5 Å². The predicted molar refractivity (Wildman–Crippen MR) is 86.8 cm³/mol. The number of hydrogen-bond donors (Lipinski definition) is 1. The maximum absolute atomic E-state index is 12.1. The second-order valence-electron chi connectivity index (χ2n) is 5.25. The molecular weight excluding hydrogens is 300 g/mol. The van der Waals surface area contributed by atoms with Crippen LogP contribution in [-0.4, -0.2) is 40.1 Å². The molecule has 5 nitrogen and oxygen atoms in total. The van der Waals surface area contributed by atoms with Gasteiger partial charge in [-0.15, -0.1) is 0 Å². The van der Waals surface area contributed by atoms with Crippen molar-refractivity contribution in [3.63, 3.8) is 0 Å². The average Bonchev–Trinajstić information content (AvgIpc) is 2.90. The van der Waals surface area contributed by atoms with E-state index in [1.807, 2.05) is 0 Å². The molecule has 0 atom stereocenters. The molecule has 6 heteroatoms.